The summed E-state index contributed by atoms with van der Waals surface area (Å²) in [5.41, 5.74) is 0. The predicted octanol–water partition coefficient (Wildman–Crippen LogP) is 1.56. The van der Waals surface area contributed by atoms with E-state index in [0.29, 0.717) is 0 Å². The molecule has 0 amide bonds. The van der Waals surface area contributed by atoms with Crippen molar-refractivity contribution in [3.63, 3.8) is 0 Å². The molecule has 1 nitrogen and oxygen atoms in total. The Labute approximate surface area is 67.9 Å². The minimum absolute atomic E-state index is 0.739. The maximum atomic E-state index is 3.62. The highest BCUT2D eigenvalue weighted by Gasteiger charge is 2.37. The van der Waals surface area contributed by atoms with Crippen LogP contribution in [0.1, 0.15) is 19.3 Å². The Morgan fingerprint density at radius 2 is 2.09 bits per heavy atom. The molecule has 1 heterocycles. The van der Waals surface area contributed by atoms with Crippen LogP contribution in [-0.4, -0.2) is 12.6 Å². The minimum Gasteiger partial charge on any atom is -0.310 e. The molecule has 1 N–H and O–H groups in total. The summed E-state index contributed by atoms with van der Waals surface area (Å²) in [5.74, 6) is 2.93. The Bertz CT molecular complexity index is 197. The van der Waals surface area contributed by atoms with E-state index in [2.05, 4.69) is 17.5 Å². The van der Waals surface area contributed by atoms with Crippen molar-refractivity contribution in [3.8, 4) is 0 Å². The SMILES string of the molecule is C1=CC2NCC3CC1CC2C3. The van der Waals surface area contributed by atoms with Crippen molar-refractivity contribution in [2.75, 3.05) is 6.54 Å². The van der Waals surface area contributed by atoms with Crippen LogP contribution < -0.4 is 5.32 Å². The van der Waals surface area contributed by atoms with Gasteiger partial charge in [0.25, 0.3) is 0 Å². The van der Waals surface area contributed by atoms with E-state index in [-0.39, 0.29) is 0 Å². The van der Waals surface area contributed by atoms with Gasteiger partial charge in [0.05, 0.1) is 0 Å². The lowest BCUT2D eigenvalue weighted by molar-refractivity contribution is 0.135. The summed E-state index contributed by atoms with van der Waals surface area (Å²) in [6.45, 7) is 1.28. The number of piperidine rings is 1. The second-order valence-electron chi connectivity index (χ2n) is 4.41. The zero-order valence-electron chi connectivity index (χ0n) is 6.79. The summed E-state index contributed by atoms with van der Waals surface area (Å²) in [4.78, 5) is 0. The Morgan fingerprint density at radius 1 is 1.09 bits per heavy atom. The van der Waals surface area contributed by atoms with Gasteiger partial charge in [0.2, 0.25) is 0 Å². The normalized spacial score (nSPS) is 53.1. The molecule has 0 aromatic heterocycles. The zero-order chi connectivity index (χ0) is 7.26. The van der Waals surface area contributed by atoms with Crippen LogP contribution in [0.2, 0.25) is 0 Å². The van der Waals surface area contributed by atoms with Crippen molar-refractivity contribution in [1.82, 2.24) is 5.32 Å². The van der Waals surface area contributed by atoms with Crippen molar-refractivity contribution in [2.45, 2.75) is 25.3 Å². The van der Waals surface area contributed by atoms with Crippen LogP contribution in [-0.2, 0) is 0 Å². The van der Waals surface area contributed by atoms with E-state index in [1.807, 2.05) is 0 Å². The highest BCUT2D eigenvalue weighted by atomic mass is 14.9. The quantitative estimate of drug-likeness (QED) is 0.515. The highest BCUT2D eigenvalue weighted by Crippen LogP contribution is 2.41. The van der Waals surface area contributed by atoms with Gasteiger partial charge in [-0.15, -0.1) is 0 Å². The van der Waals surface area contributed by atoms with Gasteiger partial charge in [0, 0.05) is 6.04 Å². The molecule has 2 fully saturated rings. The molecule has 1 saturated carbocycles. The Hall–Kier alpha value is -0.300. The third-order valence-electron chi connectivity index (χ3n) is 3.62. The first-order valence-electron chi connectivity index (χ1n) is 4.83. The van der Waals surface area contributed by atoms with Crippen LogP contribution in [0.25, 0.3) is 0 Å². The molecule has 4 atom stereocenters. The molecule has 3 aliphatic rings. The van der Waals surface area contributed by atoms with E-state index in [1.165, 1.54) is 25.8 Å². The number of rotatable bonds is 0. The average molecular weight is 149 g/mol. The molecule has 0 aromatic carbocycles. The lowest BCUT2D eigenvalue weighted by Crippen LogP contribution is -2.49. The number of fused-ring (bicyclic) bond motifs is 2. The first-order valence-corrected chi connectivity index (χ1v) is 4.83. The third kappa shape index (κ3) is 0.871. The van der Waals surface area contributed by atoms with Crippen LogP contribution in [0.4, 0.5) is 0 Å². The molecule has 4 unspecified atom stereocenters. The zero-order valence-corrected chi connectivity index (χ0v) is 6.79. The molecule has 60 valence electrons. The highest BCUT2D eigenvalue weighted by molar-refractivity contribution is 5.10. The molecule has 11 heavy (non-hydrogen) atoms. The number of allylic oxidation sites excluding steroid dienone is 1. The van der Waals surface area contributed by atoms with Gasteiger partial charge in [-0.05, 0) is 43.6 Å². The van der Waals surface area contributed by atoms with Crippen molar-refractivity contribution in [2.24, 2.45) is 17.8 Å². The van der Waals surface area contributed by atoms with Gasteiger partial charge in [-0.3, -0.25) is 0 Å². The summed E-state index contributed by atoms with van der Waals surface area (Å²) in [6.07, 6.45) is 9.27. The standard InChI is InChI=1S/C10H15N/c1-2-10-9-4-7(1)3-8(5-9)6-11-10/h1-2,7-11H,3-6H2. The molecule has 2 aliphatic carbocycles. The monoisotopic (exact) mass is 149 g/mol. The average Bonchev–Trinajstić information content (AvgIpc) is 2.01. The van der Waals surface area contributed by atoms with Crippen molar-refractivity contribution in [3.05, 3.63) is 12.2 Å². The molecule has 0 aromatic rings. The molecule has 1 saturated heterocycles. The maximum Gasteiger partial charge on any atom is 0.0278 e. The van der Waals surface area contributed by atoms with Crippen molar-refractivity contribution in [1.29, 1.82) is 0 Å². The molecule has 1 aliphatic heterocycles. The van der Waals surface area contributed by atoms with Gasteiger partial charge in [0.1, 0.15) is 0 Å². The van der Waals surface area contributed by atoms with Gasteiger partial charge >= 0.3 is 0 Å². The van der Waals surface area contributed by atoms with E-state index in [1.54, 1.807) is 0 Å². The first kappa shape index (κ1) is 6.24. The number of nitrogens with one attached hydrogen (secondary N) is 1. The lowest BCUT2D eigenvalue weighted by atomic mass is 9.67. The fourth-order valence-electron chi connectivity index (χ4n) is 3.12. The Balaban J connectivity index is 1.97. The summed E-state index contributed by atoms with van der Waals surface area (Å²) >= 11 is 0. The first-order chi connectivity index (χ1) is 5.42. The molecular weight excluding hydrogens is 134 g/mol. The Kier molecular flexibility index (Phi) is 1.19. The van der Waals surface area contributed by atoms with E-state index < -0.39 is 0 Å². The number of hydrogen-bond donors (Lipinski definition) is 1. The van der Waals surface area contributed by atoms with Crippen molar-refractivity contribution >= 4 is 0 Å². The van der Waals surface area contributed by atoms with Gasteiger partial charge in [-0.25, -0.2) is 0 Å². The Morgan fingerprint density at radius 3 is 3.09 bits per heavy atom. The maximum absolute atomic E-state index is 3.62. The largest absolute Gasteiger partial charge is 0.310 e. The smallest absolute Gasteiger partial charge is 0.0278 e. The van der Waals surface area contributed by atoms with Crippen LogP contribution >= 0.6 is 0 Å². The molecule has 1 heteroatoms. The van der Waals surface area contributed by atoms with E-state index in [0.717, 1.165) is 23.8 Å². The van der Waals surface area contributed by atoms with Gasteiger partial charge in [0.15, 0.2) is 0 Å². The van der Waals surface area contributed by atoms with Gasteiger partial charge < -0.3 is 5.32 Å². The molecule has 0 radical (unpaired) electrons. The minimum atomic E-state index is 0.739. The van der Waals surface area contributed by atoms with Crippen molar-refractivity contribution < 1.29 is 0 Å². The van der Waals surface area contributed by atoms with Crippen LogP contribution in [0.5, 0.6) is 0 Å². The van der Waals surface area contributed by atoms with E-state index >= 15 is 0 Å². The second kappa shape index (κ2) is 2.10. The summed E-state index contributed by atoms with van der Waals surface area (Å²) in [7, 11) is 0. The molecule has 3 bridgehead atoms. The van der Waals surface area contributed by atoms with Crippen LogP contribution in [0.15, 0.2) is 12.2 Å². The number of hydrogen-bond acceptors (Lipinski definition) is 1. The molecular formula is C10H15N. The topological polar surface area (TPSA) is 12.0 Å². The van der Waals surface area contributed by atoms with Gasteiger partial charge in [-0.2, -0.15) is 0 Å². The van der Waals surface area contributed by atoms with Gasteiger partial charge in [-0.1, -0.05) is 12.2 Å². The van der Waals surface area contributed by atoms with Crippen LogP contribution in [0, 0.1) is 17.8 Å². The van der Waals surface area contributed by atoms with E-state index in [4.69, 9.17) is 0 Å². The predicted molar refractivity (Wildman–Crippen MR) is 45.3 cm³/mol. The molecule has 0 spiro atoms. The summed E-state index contributed by atoms with van der Waals surface area (Å²) in [6, 6.07) is 0.739. The van der Waals surface area contributed by atoms with E-state index in [9.17, 15) is 0 Å². The van der Waals surface area contributed by atoms with Crippen LogP contribution in [0.3, 0.4) is 0 Å². The summed E-state index contributed by atoms with van der Waals surface area (Å²) in [5, 5.41) is 3.62. The third-order valence-corrected chi connectivity index (χ3v) is 3.62. The summed E-state index contributed by atoms with van der Waals surface area (Å²) < 4.78 is 0. The fourth-order valence-corrected chi connectivity index (χ4v) is 3.12. The fraction of sp³-hybridized carbons (Fsp3) is 0.800. The lowest BCUT2D eigenvalue weighted by Gasteiger charge is -2.45. The second-order valence-corrected chi connectivity index (χ2v) is 4.41. The molecule has 3 rings (SSSR count).